The highest BCUT2D eigenvalue weighted by atomic mass is 79.9. The highest BCUT2D eigenvalue weighted by Gasteiger charge is 2.31. The van der Waals surface area contributed by atoms with Crippen LogP contribution < -0.4 is 4.31 Å². The molecule has 0 unspecified atom stereocenters. The van der Waals surface area contributed by atoms with Gasteiger partial charge in [0.05, 0.1) is 17.1 Å². The Balaban J connectivity index is 2.08. The molecule has 1 aliphatic rings. The first kappa shape index (κ1) is 16.9. The summed E-state index contributed by atoms with van der Waals surface area (Å²) in [7, 11) is -1.88. The van der Waals surface area contributed by atoms with Crippen molar-refractivity contribution in [2.45, 2.75) is 6.92 Å². The molecule has 0 fully saturated rings. The van der Waals surface area contributed by atoms with Crippen LogP contribution in [0.1, 0.15) is 18.1 Å². The zero-order valence-electron chi connectivity index (χ0n) is 13.3. The number of fused-ring (bicyclic) bond motifs is 1. The molecule has 5 nitrogen and oxygen atoms in total. The fourth-order valence-corrected chi connectivity index (χ4v) is 4.04. The summed E-state index contributed by atoms with van der Waals surface area (Å²) in [5.41, 5.74) is 3.50. The number of halogens is 1. The highest BCUT2D eigenvalue weighted by Crippen LogP contribution is 2.31. The van der Waals surface area contributed by atoms with Gasteiger partial charge in [-0.2, -0.15) is 10.2 Å². The number of benzene rings is 2. The Morgan fingerprint density at radius 2 is 1.88 bits per heavy atom. The summed E-state index contributed by atoms with van der Waals surface area (Å²) in [6.45, 7) is 1.85. The molecule has 0 saturated carbocycles. The van der Waals surface area contributed by atoms with Gasteiger partial charge in [-0.25, -0.2) is 8.42 Å². The Bertz CT molecular complexity index is 938. The second-order valence-corrected chi connectivity index (χ2v) is 8.40. The van der Waals surface area contributed by atoms with Crippen molar-refractivity contribution in [3.8, 4) is 0 Å². The normalized spacial score (nSPS) is 18.5. The third-order valence-corrected chi connectivity index (χ3v) is 6.02. The monoisotopic (exact) mass is 405 g/mol. The van der Waals surface area contributed by atoms with Crippen LogP contribution in [-0.2, 0) is 10.0 Å². The van der Waals surface area contributed by atoms with Crippen molar-refractivity contribution < 1.29 is 8.42 Å². The second kappa shape index (κ2) is 6.49. The summed E-state index contributed by atoms with van der Waals surface area (Å²) in [5, 5.41) is 8.49. The lowest BCUT2D eigenvalue weighted by molar-refractivity contribution is 0.597. The maximum Gasteiger partial charge on any atom is 0.240 e. The molecule has 0 saturated heterocycles. The smallest absolute Gasteiger partial charge is 0.240 e. The minimum Gasteiger partial charge on any atom is -0.272 e. The average molecular weight is 406 g/mol. The van der Waals surface area contributed by atoms with Crippen molar-refractivity contribution in [3.05, 3.63) is 64.1 Å². The fraction of sp³-hybridized carbons (Fsp3) is 0.176. The second-order valence-electron chi connectivity index (χ2n) is 5.48. The Labute approximate surface area is 149 Å². The van der Waals surface area contributed by atoms with Gasteiger partial charge in [-0.15, -0.1) is 0 Å². The van der Waals surface area contributed by atoms with E-state index in [9.17, 15) is 8.42 Å². The number of nitrogens with zero attached hydrogens (tertiary/aromatic N) is 3. The van der Waals surface area contributed by atoms with Crippen LogP contribution in [0.15, 0.2) is 63.2 Å². The minimum atomic E-state index is -3.43. The largest absolute Gasteiger partial charge is 0.272 e. The third-order valence-electron chi connectivity index (χ3n) is 3.86. The van der Waals surface area contributed by atoms with Gasteiger partial charge >= 0.3 is 0 Å². The third kappa shape index (κ3) is 3.27. The molecule has 0 aliphatic carbocycles. The molecule has 0 amide bonds. The van der Waals surface area contributed by atoms with Crippen LogP contribution in [0.3, 0.4) is 0 Å². The zero-order chi connectivity index (χ0) is 17.3. The molecule has 3 rings (SSSR count). The van der Waals surface area contributed by atoms with Crippen LogP contribution in [0.25, 0.3) is 0 Å². The van der Waals surface area contributed by atoms with Gasteiger partial charge in [0.25, 0.3) is 0 Å². The van der Waals surface area contributed by atoms with E-state index in [0.29, 0.717) is 11.4 Å². The SMILES string of the molecule is C/C(=N\N=C1/CS(=O)(=O)N(C)c2ccc(Br)cc21)c1ccccc1. The van der Waals surface area contributed by atoms with Gasteiger partial charge in [0.15, 0.2) is 0 Å². The molecule has 2 aromatic rings. The molecule has 0 spiro atoms. The van der Waals surface area contributed by atoms with Crippen LogP contribution in [-0.4, -0.2) is 32.6 Å². The molecular formula is C17H16BrN3O2S. The topological polar surface area (TPSA) is 62.1 Å². The Kier molecular flexibility index (Phi) is 4.56. The van der Waals surface area contributed by atoms with Crippen LogP contribution in [0, 0.1) is 0 Å². The lowest BCUT2D eigenvalue weighted by Gasteiger charge is -2.27. The van der Waals surface area contributed by atoms with Crippen LogP contribution in [0.4, 0.5) is 5.69 Å². The van der Waals surface area contributed by atoms with Gasteiger partial charge in [0, 0.05) is 17.1 Å². The van der Waals surface area contributed by atoms with E-state index in [4.69, 9.17) is 0 Å². The Hall–Kier alpha value is -1.99. The van der Waals surface area contributed by atoms with E-state index in [1.165, 1.54) is 4.31 Å². The molecule has 24 heavy (non-hydrogen) atoms. The van der Waals surface area contributed by atoms with Gasteiger partial charge in [-0.3, -0.25) is 4.31 Å². The summed E-state index contributed by atoms with van der Waals surface area (Å²) in [6.07, 6.45) is 0. The Morgan fingerprint density at radius 1 is 1.17 bits per heavy atom. The summed E-state index contributed by atoms with van der Waals surface area (Å²) >= 11 is 3.42. The van der Waals surface area contributed by atoms with E-state index in [1.807, 2.05) is 49.4 Å². The van der Waals surface area contributed by atoms with Crippen LogP contribution in [0.5, 0.6) is 0 Å². The quantitative estimate of drug-likeness (QED) is 0.567. The standard InChI is InChI=1S/C17H16BrN3O2S/c1-12(13-6-4-3-5-7-13)19-20-16-11-24(22,23)21(2)17-9-8-14(18)10-15(16)17/h3-10H,11H2,1-2H3/b19-12+,20-16+. The average Bonchev–Trinajstić information content (AvgIpc) is 2.57. The highest BCUT2D eigenvalue weighted by molar-refractivity contribution is 9.10. The van der Waals surface area contributed by atoms with Crippen LogP contribution >= 0.6 is 15.9 Å². The molecule has 1 aliphatic heterocycles. The van der Waals surface area contributed by atoms with E-state index >= 15 is 0 Å². The predicted molar refractivity (Wildman–Crippen MR) is 102 cm³/mol. The van der Waals surface area contributed by atoms with E-state index in [2.05, 4.69) is 26.1 Å². The van der Waals surface area contributed by atoms with Crippen LogP contribution in [0.2, 0.25) is 0 Å². The van der Waals surface area contributed by atoms with E-state index in [-0.39, 0.29) is 5.75 Å². The summed E-state index contributed by atoms with van der Waals surface area (Å²) < 4.78 is 26.8. The molecule has 0 radical (unpaired) electrons. The fourth-order valence-electron chi connectivity index (χ4n) is 2.47. The Morgan fingerprint density at radius 3 is 2.58 bits per heavy atom. The van der Waals surface area contributed by atoms with Gasteiger partial charge in [-0.05, 0) is 30.7 Å². The van der Waals surface area contributed by atoms with E-state index in [0.717, 1.165) is 21.3 Å². The van der Waals surface area contributed by atoms with E-state index < -0.39 is 10.0 Å². The molecule has 7 heteroatoms. The molecule has 0 N–H and O–H groups in total. The maximum absolute atomic E-state index is 12.3. The summed E-state index contributed by atoms with van der Waals surface area (Å²) in [5.74, 6) is -0.168. The van der Waals surface area contributed by atoms with Crippen molar-refractivity contribution in [1.82, 2.24) is 0 Å². The number of anilines is 1. The lowest BCUT2D eigenvalue weighted by atomic mass is 10.1. The molecule has 124 valence electrons. The lowest BCUT2D eigenvalue weighted by Crippen LogP contribution is -2.38. The zero-order valence-corrected chi connectivity index (χ0v) is 15.7. The first-order chi connectivity index (χ1) is 11.4. The number of hydrogen-bond donors (Lipinski definition) is 0. The molecule has 1 heterocycles. The molecule has 0 atom stereocenters. The number of rotatable bonds is 2. The van der Waals surface area contributed by atoms with Gasteiger partial charge < -0.3 is 0 Å². The van der Waals surface area contributed by atoms with E-state index in [1.54, 1.807) is 13.1 Å². The number of hydrogen-bond acceptors (Lipinski definition) is 4. The summed E-state index contributed by atoms with van der Waals surface area (Å²) in [6, 6.07) is 15.1. The first-order valence-corrected chi connectivity index (χ1v) is 9.72. The van der Waals surface area contributed by atoms with Gasteiger partial charge in [0.1, 0.15) is 5.75 Å². The maximum atomic E-state index is 12.3. The van der Waals surface area contributed by atoms with Crippen molar-refractivity contribution >= 4 is 43.1 Å². The molecule has 0 bridgehead atoms. The van der Waals surface area contributed by atoms with Gasteiger partial charge in [0.2, 0.25) is 10.0 Å². The first-order valence-electron chi connectivity index (χ1n) is 7.31. The predicted octanol–water partition coefficient (Wildman–Crippen LogP) is 3.44. The molecule has 0 aromatic heterocycles. The molecule has 2 aromatic carbocycles. The van der Waals surface area contributed by atoms with Gasteiger partial charge in [-0.1, -0.05) is 46.3 Å². The minimum absolute atomic E-state index is 0.168. The van der Waals surface area contributed by atoms with Crippen molar-refractivity contribution in [3.63, 3.8) is 0 Å². The van der Waals surface area contributed by atoms with Crippen molar-refractivity contribution in [2.24, 2.45) is 10.2 Å². The van der Waals surface area contributed by atoms with Crippen molar-refractivity contribution in [2.75, 3.05) is 17.1 Å². The summed E-state index contributed by atoms with van der Waals surface area (Å²) in [4.78, 5) is 0. The molecular weight excluding hydrogens is 390 g/mol. The van der Waals surface area contributed by atoms with Crippen molar-refractivity contribution in [1.29, 1.82) is 0 Å². The number of sulfonamides is 1.